The van der Waals surface area contributed by atoms with E-state index in [-0.39, 0.29) is 34.1 Å². The summed E-state index contributed by atoms with van der Waals surface area (Å²) in [5, 5.41) is 0. The van der Waals surface area contributed by atoms with Gasteiger partial charge in [0.2, 0.25) is 0 Å². The molecule has 232 valence electrons. The monoisotopic (exact) mass is 584 g/mol. The Morgan fingerprint density at radius 2 is 0.786 bits per heavy atom. The molecule has 0 amide bonds. The van der Waals surface area contributed by atoms with E-state index in [1.54, 1.807) is 48.5 Å². The van der Waals surface area contributed by atoms with Crippen LogP contribution in [-0.2, 0) is 18.9 Å². The molecule has 0 N–H and O–H groups in total. The topological polar surface area (TPSA) is 105 Å². The van der Waals surface area contributed by atoms with Crippen molar-refractivity contribution in [3.05, 3.63) is 70.8 Å². The van der Waals surface area contributed by atoms with Crippen LogP contribution in [0.3, 0.4) is 0 Å². The highest BCUT2D eigenvalue weighted by molar-refractivity contribution is 6.03. The minimum atomic E-state index is -0.490. The molecule has 0 aliphatic carbocycles. The molecule has 0 aliphatic heterocycles. The number of carbonyl (C=O) groups excluding carboxylic acids is 4. The molecule has 2 aromatic rings. The molecule has 8 heteroatoms. The number of rotatable bonds is 16. The van der Waals surface area contributed by atoms with Gasteiger partial charge in [0.1, 0.15) is 0 Å². The Morgan fingerprint density at radius 1 is 0.500 bits per heavy atom. The number of esters is 4. The molecule has 0 unspecified atom stereocenters. The first-order valence-electron chi connectivity index (χ1n) is 15.0. The largest absolute Gasteiger partial charge is 0.462 e. The maximum Gasteiger partial charge on any atom is 0.339 e. The van der Waals surface area contributed by atoms with Crippen LogP contribution in [0.25, 0.3) is 0 Å². The second-order valence-corrected chi connectivity index (χ2v) is 10.8. The molecule has 0 aromatic heterocycles. The first-order valence-corrected chi connectivity index (χ1v) is 15.0. The Kier molecular flexibility index (Phi) is 18.2. The van der Waals surface area contributed by atoms with Gasteiger partial charge in [-0.05, 0) is 48.9 Å². The van der Waals surface area contributed by atoms with Crippen molar-refractivity contribution >= 4 is 23.9 Å². The summed E-state index contributed by atoms with van der Waals surface area (Å²) < 4.78 is 20.8. The van der Waals surface area contributed by atoms with Crippen molar-refractivity contribution in [1.82, 2.24) is 0 Å². The van der Waals surface area contributed by atoms with Gasteiger partial charge in [-0.1, -0.05) is 91.5 Å². The van der Waals surface area contributed by atoms with E-state index >= 15 is 0 Å². The van der Waals surface area contributed by atoms with Crippen LogP contribution in [0.15, 0.2) is 48.5 Å². The van der Waals surface area contributed by atoms with Crippen LogP contribution in [0, 0.1) is 11.8 Å². The Labute approximate surface area is 251 Å². The summed E-state index contributed by atoms with van der Waals surface area (Å²) in [5.41, 5.74) is 1.06. The van der Waals surface area contributed by atoms with E-state index in [9.17, 15) is 19.2 Å². The summed E-state index contributed by atoms with van der Waals surface area (Å²) in [6.45, 7) is 13.4. The molecule has 0 spiro atoms. The van der Waals surface area contributed by atoms with Gasteiger partial charge in [-0.25, -0.2) is 19.2 Å². The van der Waals surface area contributed by atoms with Crippen molar-refractivity contribution in [2.45, 2.75) is 80.1 Å². The quantitative estimate of drug-likeness (QED) is 0.112. The van der Waals surface area contributed by atoms with Gasteiger partial charge in [-0.2, -0.15) is 0 Å². The maximum atomic E-state index is 12.1. The lowest BCUT2D eigenvalue weighted by molar-refractivity contribution is 0.0412. The van der Waals surface area contributed by atoms with Crippen LogP contribution in [0.2, 0.25) is 0 Å². The summed E-state index contributed by atoms with van der Waals surface area (Å²) in [4.78, 5) is 48.1. The van der Waals surface area contributed by atoms with Crippen LogP contribution < -0.4 is 0 Å². The van der Waals surface area contributed by atoms with Crippen LogP contribution in [0.1, 0.15) is 121 Å². The van der Waals surface area contributed by atoms with Gasteiger partial charge in [0, 0.05) is 0 Å². The number of hydrogen-bond acceptors (Lipinski definition) is 8. The molecule has 8 nitrogen and oxygen atoms in total. The highest BCUT2D eigenvalue weighted by atomic mass is 16.5. The van der Waals surface area contributed by atoms with Crippen molar-refractivity contribution in [2.75, 3.05) is 26.4 Å². The van der Waals surface area contributed by atoms with Gasteiger partial charge in [0.25, 0.3) is 0 Å². The van der Waals surface area contributed by atoms with Crippen LogP contribution in [0.5, 0.6) is 0 Å². The zero-order valence-corrected chi connectivity index (χ0v) is 26.1. The second kappa shape index (κ2) is 21.1. The summed E-state index contributed by atoms with van der Waals surface area (Å²) in [5.74, 6) is -1.40. The number of carbonyl (C=O) groups is 4. The molecule has 42 heavy (non-hydrogen) atoms. The predicted molar refractivity (Wildman–Crippen MR) is 163 cm³/mol. The standard InChI is InChI=1S/C18H26O4.C16H22O4/c1-3-5-9-13-21-17(19)15-11-7-8-12-16(15)18(20)22-14-10-6-4-2;1-11(2)9-19-15(17)13-7-5-6-8-14(13)16(18)20-10-12(3)4/h7-8,11-12H,3-6,9-10,13-14H2,1-2H3;5-8,11-12H,9-10H2,1-4H3. The van der Waals surface area contributed by atoms with E-state index in [1.165, 1.54) is 0 Å². The summed E-state index contributed by atoms with van der Waals surface area (Å²) in [6, 6.07) is 13.2. The average molecular weight is 585 g/mol. The molecule has 0 saturated heterocycles. The van der Waals surface area contributed by atoms with Gasteiger partial charge >= 0.3 is 23.9 Å². The fourth-order valence-corrected chi connectivity index (χ4v) is 3.51. The summed E-state index contributed by atoms with van der Waals surface area (Å²) >= 11 is 0. The highest BCUT2D eigenvalue weighted by Crippen LogP contribution is 2.14. The van der Waals surface area contributed by atoms with E-state index in [0.717, 1.165) is 38.5 Å². The van der Waals surface area contributed by atoms with Gasteiger partial charge in [-0.15, -0.1) is 0 Å². The van der Waals surface area contributed by atoms with E-state index in [4.69, 9.17) is 18.9 Å². The van der Waals surface area contributed by atoms with Gasteiger partial charge in [-0.3, -0.25) is 0 Å². The normalized spacial score (nSPS) is 10.5. The zero-order chi connectivity index (χ0) is 31.3. The third-order valence-electron chi connectivity index (χ3n) is 5.79. The zero-order valence-electron chi connectivity index (χ0n) is 26.1. The third-order valence-corrected chi connectivity index (χ3v) is 5.79. The lowest BCUT2D eigenvalue weighted by Crippen LogP contribution is -2.17. The maximum absolute atomic E-state index is 12.1. The Morgan fingerprint density at radius 3 is 1.05 bits per heavy atom. The van der Waals surface area contributed by atoms with Crippen molar-refractivity contribution < 1.29 is 38.1 Å². The minimum absolute atomic E-state index is 0.249. The van der Waals surface area contributed by atoms with Gasteiger partial charge < -0.3 is 18.9 Å². The van der Waals surface area contributed by atoms with E-state index < -0.39 is 23.9 Å². The first-order chi connectivity index (χ1) is 20.1. The summed E-state index contributed by atoms with van der Waals surface area (Å²) in [7, 11) is 0. The van der Waals surface area contributed by atoms with E-state index in [1.807, 2.05) is 27.7 Å². The molecular weight excluding hydrogens is 536 g/mol. The number of benzene rings is 2. The molecule has 0 atom stereocenters. The predicted octanol–water partition coefficient (Wildman–Crippen LogP) is 7.69. The van der Waals surface area contributed by atoms with Crippen molar-refractivity contribution in [3.8, 4) is 0 Å². The highest BCUT2D eigenvalue weighted by Gasteiger charge is 2.20. The van der Waals surface area contributed by atoms with E-state index in [0.29, 0.717) is 26.4 Å². The second-order valence-electron chi connectivity index (χ2n) is 10.8. The molecule has 0 fully saturated rings. The lowest BCUT2D eigenvalue weighted by Gasteiger charge is -2.11. The van der Waals surface area contributed by atoms with E-state index in [2.05, 4.69) is 13.8 Å². The molecular formula is C34H48O8. The molecule has 2 rings (SSSR count). The Hall–Kier alpha value is -3.68. The van der Waals surface area contributed by atoms with Crippen LogP contribution in [0.4, 0.5) is 0 Å². The van der Waals surface area contributed by atoms with Gasteiger partial charge in [0.15, 0.2) is 0 Å². The number of hydrogen-bond donors (Lipinski definition) is 0. The molecule has 0 bridgehead atoms. The van der Waals surface area contributed by atoms with Crippen LogP contribution >= 0.6 is 0 Å². The summed E-state index contributed by atoms with van der Waals surface area (Å²) in [6.07, 6.45) is 5.86. The SMILES string of the molecule is CC(C)COC(=O)c1ccccc1C(=O)OCC(C)C.CCCCCOC(=O)c1ccccc1C(=O)OCCCCC. The third kappa shape index (κ3) is 14.3. The van der Waals surface area contributed by atoms with Crippen molar-refractivity contribution in [2.24, 2.45) is 11.8 Å². The molecule has 0 saturated carbocycles. The number of ether oxygens (including phenoxy) is 4. The van der Waals surface area contributed by atoms with Crippen molar-refractivity contribution in [3.63, 3.8) is 0 Å². The average Bonchev–Trinajstić information content (AvgIpc) is 2.99. The lowest BCUT2D eigenvalue weighted by atomic mass is 10.1. The smallest absolute Gasteiger partial charge is 0.339 e. The first kappa shape index (κ1) is 36.3. The molecule has 0 aliphatic rings. The van der Waals surface area contributed by atoms with Crippen molar-refractivity contribution in [1.29, 1.82) is 0 Å². The number of unbranched alkanes of at least 4 members (excludes halogenated alkanes) is 4. The fraction of sp³-hybridized carbons (Fsp3) is 0.529. The minimum Gasteiger partial charge on any atom is -0.462 e. The molecule has 0 heterocycles. The molecule has 2 aromatic carbocycles. The molecule has 0 radical (unpaired) electrons. The van der Waals surface area contributed by atoms with Crippen LogP contribution in [-0.4, -0.2) is 50.3 Å². The fourth-order valence-electron chi connectivity index (χ4n) is 3.51. The van der Waals surface area contributed by atoms with Gasteiger partial charge in [0.05, 0.1) is 48.7 Å². The Balaban J connectivity index is 0.000000422. The Bertz CT molecular complexity index is 1020.